The summed E-state index contributed by atoms with van der Waals surface area (Å²) in [5.74, 6) is 0.00252. The van der Waals surface area contributed by atoms with Gasteiger partial charge >= 0.3 is 6.18 Å². The number of anilines is 1. The van der Waals surface area contributed by atoms with E-state index in [2.05, 4.69) is 9.97 Å². The standard InChI is InChI=1S/C23H23F3N4O3/c1-12(31)9-30(10-16-5-4-15(8-28-16)23(24,25)26)22(32)14-3-6-19-17(7-14)18-11-33-13(2)20(18)21(27)29-19/h3-8,12-13,31H,9-11H2,1-2H3,(H2,27,29)/t12?,13-/m1/s1. The number of carbonyl (C=O) groups is 1. The highest BCUT2D eigenvalue weighted by Gasteiger charge is 2.31. The molecule has 1 amide bonds. The minimum absolute atomic E-state index is 0.0161. The molecule has 10 heteroatoms. The predicted molar refractivity (Wildman–Crippen MR) is 115 cm³/mol. The fourth-order valence-corrected chi connectivity index (χ4v) is 4.00. The van der Waals surface area contributed by atoms with Crippen LogP contribution >= 0.6 is 0 Å². The van der Waals surface area contributed by atoms with E-state index in [1.54, 1.807) is 18.2 Å². The van der Waals surface area contributed by atoms with Crippen LogP contribution in [-0.2, 0) is 24.1 Å². The zero-order valence-corrected chi connectivity index (χ0v) is 18.1. The van der Waals surface area contributed by atoms with Gasteiger partial charge in [-0.25, -0.2) is 4.98 Å². The lowest BCUT2D eigenvalue weighted by Crippen LogP contribution is -2.36. The van der Waals surface area contributed by atoms with E-state index >= 15 is 0 Å². The summed E-state index contributed by atoms with van der Waals surface area (Å²) in [5.41, 5.74) is 8.16. The third-order valence-corrected chi connectivity index (χ3v) is 5.57. The molecule has 0 bridgehead atoms. The minimum atomic E-state index is -4.50. The van der Waals surface area contributed by atoms with E-state index in [1.807, 2.05) is 6.92 Å². The number of amides is 1. The van der Waals surface area contributed by atoms with Crippen LogP contribution in [0.1, 0.15) is 52.7 Å². The van der Waals surface area contributed by atoms with Gasteiger partial charge in [0.05, 0.1) is 42.1 Å². The van der Waals surface area contributed by atoms with Crippen LogP contribution in [0.3, 0.4) is 0 Å². The highest BCUT2D eigenvalue weighted by Crippen LogP contribution is 2.38. The number of nitrogens with zero attached hydrogens (tertiary/aromatic N) is 3. The number of pyridine rings is 2. The Hall–Kier alpha value is -3.24. The molecule has 7 nitrogen and oxygen atoms in total. The van der Waals surface area contributed by atoms with Crippen LogP contribution in [0.2, 0.25) is 0 Å². The van der Waals surface area contributed by atoms with Crippen molar-refractivity contribution in [2.75, 3.05) is 12.3 Å². The zero-order valence-electron chi connectivity index (χ0n) is 18.1. The van der Waals surface area contributed by atoms with Crippen molar-refractivity contribution in [1.82, 2.24) is 14.9 Å². The second kappa shape index (κ2) is 8.60. The molecule has 0 spiro atoms. The number of benzene rings is 1. The molecule has 0 fully saturated rings. The summed E-state index contributed by atoms with van der Waals surface area (Å²) < 4.78 is 44.1. The van der Waals surface area contributed by atoms with Crippen LogP contribution in [0.4, 0.5) is 19.0 Å². The second-order valence-corrected chi connectivity index (χ2v) is 8.15. The predicted octanol–water partition coefficient (Wildman–Crippen LogP) is 3.85. The summed E-state index contributed by atoms with van der Waals surface area (Å²) >= 11 is 0. The third kappa shape index (κ3) is 4.62. The Labute approximate surface area is 188 Å². The number of aliphatic hydroxyl groups is 1. The number of carbonyl (C=O) groups excluding carboxylic acids is 1. The van der Waals surface area contributed by atoms with E-state index in [1.165, 1.54) is 17.9 Å². The minimum Gasteiger partial charge on any atom is -0.392 e. The van der Waals surface area contributed by atoms with Gasteiger partial charge in [0.2, 0.25) is 0 Å². The van der Waals surface area contributed by atoms with E-state index in [0.717, 1.165) is 28.8 Å². The maximum Gasteiger partial charge on any atom is 0.417 e. The summed E-state index contributed by atoms with van der Waals surface area (Å²) in [7, 11) is 0. The lowest BCUT2D eigenvalue weighted by atomic mass is 10.00. The molecule has 3 heterocycles. The number of aliphatic hydroxyl groups excluding tert-OH is 1. The van der Waals surface area contributed by atoms with Crippen LogP contribution in [0.15, 0.2) is 36.5 Å². The van der Waals surface area contributed by atoms with Crippen LogP contribution in [0.25, 0.3) is 10.9 Å². The van der Waals surface area contributed by atoms with Crippen LogP contribution in [0, 0.1) is 0 Å². The summed E-state index contributed by atoms with van der Waals surface area (Å²) in [4.78, 5) is 22.9. The summed E-state index contributed by atoms with van der Waals surface area (Å²) in [6, 6.07) is 7.16. The molecule has 0 radical (unpaired) electrons. The monoisotopic (exact) mass is 460 g/mol. The Bertz CT molecular complexity index is 1200. The van der Waals surface area contributed by atoms with Crippen LogP contribution < -0.4 is 5.73 Å². The van der Waals surface area contributed by atoms with Crippen molar-refractivity contribution in [2.24, 2.45) is 0 Å². The second-order valence-electron chi connectivity index (χ2n) is 8.15. The van der Waals surface area contributed by atoms with Gasteiger partial charge in [-0.1, -0.05) is 0 Å². The molecule has 1 aromatic carbocycles. The smallest absolute Gasteiger partial charge is 0.392 e. The van der Waals surface area contributed by atoms with Crippen molar-refractivity contribution in [3.8, 4) is 0 Å². The van der Waals surface area contributed by atoms with Crippen LogP contribution in [-0.4, -0.2) is 38.5 Å². The lowest BCUT2D eigenvalue weighted by Gasteiger charge is -2.24. The van der Waals surface area contributed by atoms with Gasteiger partial charge in [-0.05, 0) is 49.7 Å². The molecule has 1 aliphatic heterocycles. The van der Waals surface area contributed by atoms with Gasteiger partial charge < -0.3 is 20.5 Å². The van der Waals surface area contributed by atoms with Gasteiger partial charge in [-0.2, -0.15) is 13.2 Å². The zero-order chi connectivity index (χ0) is 23.9. The van der Waals surface area contributed by atoms with Crippen molar-refractivity contribution in [3.63, 3.8) is 0 Å². The lowest BCUT2D eigenvalue weighted by molar-refractivity contribution is -0.137. The molecule has 33 heavy (non-hydrogen) atoms. The number of hydrogen-bond acceptors (Lipinski definition) is 6. The molecule has 0 saturated carbocycles. The Morgan fingerprint density at radius 2 is 2.09 bits per heavy atom. The van der Waals surface area contributed by atoms with Crippen LogP contribution in [0.5, 0.6) is 0 Å². The highest BCUT2D eigenvalue weighted by molar-refractivity contribution is 5.99. The van der Waals surface area contributed by atoms with Crippen molar-refractivity contribution in [2.45, 2.75) is 45.4 Å². The average Bonchev–Trinajstić information content (AvgIpc) is 3.14. The maximum atomic E-state index is 13.3. The van der Waals surface area contributed by atoms with Crippen molar-refractivity contribution >= 4 is 22.6 Å². The molecule has 1 unspecified atom stereocenters. The molecule has 1 aliphatic rings. The molecule has 2 atom stereocenters. The Balaban J connectivity index is 1.66. The number of alkyl halides is 3. The number of ether oxygens (including phenoxy) is 1. The molecule has 0 saturated heterocycles. The number of nitrogen functional groups attached to an aromatic ring is 1. The van der Waals surface area contributed by atoms with E-state index in [4.69, 9.17) is 10.5 Å². The van der Waals surface area contributed by atoms with E-state index in [9.17, 15) is 23.1 Å². The number of nitrogens with two attached hydrogens (primary N) is 1. The van der Waals surface area contributed by atoms with Gasteiger partial charge in [-0.3, -0.25) is 9.78 Å². The number of rotatable bonds is 5. The van der Waals surface area contributed by atoms with Gasteiger partial charge in [-0.15, -0.1) is 0 Å². The normalized spacial score (nSPS) is 16.6. The molecule has 174 valence electrons. The van der Waals surface area contributed by atoms with Gasteiger partial charge in [0.15, 0.2) is 0 Å². The number of fused-ring (bicyclic) bond motifs is 3. The number of hydrogen-bond donors (Lipinski definition) is 2. The summed E-state index contributed by atoms with van der Waals surface area (Å²) in [5, 5.41) is 10.7. The molecule has 3 N–H and O–H groups in total. The first-order valence-corrected chi connectivity index (χ1v) is 10.4. The van der Waals surface area contributed by atoms with Crippen molar-refractivity contribution in [1.29, 1.82) is 0 Å². The fourth-order valence-electron chi connectivity index (χ4n) is 4.00. The molecule has 0 aliphatic carbocycles. The van der Waals surface area contributed by atoms with E-state index < -0.39 is 23.8 Å². The fraction of sp³-hybridized carbons (Fsp3) is 0.348. The highest BCUT2D eigenvalue weighted by atomic mass is 19.4. The topological polar surface area (TPSA) is 102 Å². The maximum absolute atomic E-state index is 13.3. The SMILES string of the molecule is CC(O)CN(Cc1ccc(C(F)(F)F)cn1)C(=O)c1ccc2nc(N)c3c(c2c1)CO[C@@H]3C. The molecule has 2 aromatic heterocycles. The molecule has 4 rings (SSSR count). The Morgan fingerprint density at radius 1 is 1.33 bits per heavy atom. The first-order valence-electron chi connectivity index (χ1n) is 10.4. The Kier molecular flexibility index (Phi) is 5.98. The third-order valence-electron chi connectivity index (χ3n) is 5.57. The van der Waals surface area contributed by atoms with E-state index in [-0.39, 0.29) is 24.9 Å². The average molecular weight is 460 g/mol. The Morgan fingerprint density at radius 3 is 2.73 bits per heavy atom. The molecular formula is C23H23F3N4O3. The number of halogens is 3. The first-order chi connectivity index (χ1) is 15.5. The summed E-state index contributed by atoms with van der Waals surface area (Å²) in [6.45, 7) is 3.69. The molecule has 3 aromatic rings. The quantitative estimate of drug-likeness (QED) is 0.600. The number of aromatic nitrogens is 2. The van der Waals surface area contributed by atoms with Gasteiger partial charge in [0, 0.05) is 29.3 Å². The van der Waals surface area contributed by atoms with Gasteiger partial charge in [0.25, 0.3) is 5.91 Å². The largest absolute Gasteiger partial charge is 0.417 e. The first kappa shape index (κ1) is 22.9. The van der Waals surface area contributed by atoms with Gasteiger partial charge in [0.1, 0.15) is 5.82 Å². The summed E-state index contributed by atoms with van der Waals surface area (Å²) in [6.07, 6.45) is -4.81. The van der Waals surface area contributed by atoms with E-state index in [0.29, 0.717) is 23.5 Å². The van der Waals surface area contributed by atoms with Crippen molar-refractivity contribution in [3.05, 3.63) is 64.5 Å². The van der Waals surface area contributed by atoms with Crippen molar-refractivity contribution < 1.29 is 27.8 Å². The molecular weight excluding hydrogens is 437 g/mol.